The molecule has 0 aromatic heterocycles. The SMILES string of the molecule is SCCSCCS.SS. The normalized spacial score (nSPS) is 8.00. The number of hydrogen-bond donors (Lipinski definition) is 4. The minimum Gasteiger partial charge on any atom is -0.179 e. The van der Waals surface area contributed by atoms with Crippen LogP contribution >= 0.6 is 60.3 Å². The molecule has 0 aromatic carbocycles. The highest BCUT2D eigenvalue weighted by atomic mass is 33.1. The first-order chi connectivity index (χ1) is 4.41. The van der Waals surface area contributed by atoms with Gasteiger partial charge in [-0.3, -0.25) is 0 Å². The van der Waals surface area contributed by atoms with Crippen molar-refractivity contribution in [3.05, 3.63) is 0 Å². The average Bonchev–Trinajstić information content (AvgIpc) is 1.94. The van der Waals surface area contributed by atoms with E-state index >= 15 is 0 Å². The molecule has 58 valence electrons. The van der Waals surface area contributed by atoms with Gasteiger partial charge in [0.15, 0.2) is 0 Å². The van der Waals surface area contributed by atoms with Crippen molar-refractivity contribution in [2.24, 2.45) is 0 Å². The number of thioether (sulfide) groups is 1. The van der Waals surface area contributed by atoms with E-state index in [0.717, 1.165) is 23.0 Å². The van der Waals surface area contributed by atoms with Crippen LogP contribution in [-0.2, 0) is 0 Å². The molecule has 0 aliphatic carbocycles. The van der Waals surface area contributed by atoms with Gasteiger partial charge in [-0.25, -0.2) is 0 Å². The lowest BCUT2D eigenvalue weighted by atomic mass is 10.9. The van der Waals surface area contributed by atoms with Gasteiger partial charge in [0, 0.05) is 11.5 Å². The Labute approximate surface area is 83.0 Å². The van der Waals surface area contributed by atoms with E-state index in [2.05, 4.69) is 48.6 Å². The zero-order chi connectivity index (χ0) is 7.54. The standard InChI is InChI=1S/C4H10S3.H2S2/c5-1-3-7-4-2-6;1-2/h5-6H,1-4H2;1-2H. The highest BCUT2D eigenvalue weighted by molar-refractivity contribution is 8.59. The maximum Gasteiger partial charge on any atom is 0.00213 e. The van der Waals surface area contributed by atoms with Gasteiger partial charge in [-0.2, -0.15) is 37.0 Å². The third kappa shape index (κ3) is 17.7. The lowest BCUT2D eigenvalue weighted by Crippen LogP contribution is -1.83. The van der Waals surface area contributed by atoms with Crippen molar-refractivity contribution in [3.8, 4) is 0 Å². The summed E-state index contributed by atoms with van der Waals surface area (Å²) in [4.78, 5) is 0. The van der Waals surface area contributed by atoms with Gasteiger partial charge in [0.2, 0.25) is 0 Å². The molecule has 0 N–H and O–H groups in total. The van der Waals surface area contributed by atoms with Gasteiger partial charge in [0.05, 0.1) is 0 Å². The highest BCUT2D eigenvalue weighted by Crippen LogP contribution is 1.99. The van der Waals surface area contributed by atoms with Crippen molar-refractivity contribution in [2.45, 2.75) is 0 Å². The Morgan fingerprint density at radius 2 is 1.22 bits per heavy atom. The summed E-state index contributed by atoms with van der Waals surface area (Å²) in [6.45, 7) is 0. The van der Waals surface area contributed by atoms with E-state index < -0.39 is 0 Å². The minimum atomic E-state index is 0.985. The van der Waals surface area contributed by atoms with E-state index in [4.69, 9.17) is 0 Å². The molecule has 0 rings (SSSR count). The first-order valence-electron chi connectivity index (χ1n) is 2.41. The van der Waals surface area contributed by atoms with Gasteiger partial charge in [0.25, 0.3) is 0 Å². The van der Waals surface area contributed by atoms with Crippen LogP contribution in [0, 0.1) is 0 Å². The molecular formula is C4H12S5. The van der Waals surface area contributed by atoms with Crippen molar-refractivity contribution in [2.75, 3.05) is 23.0 Å². The topological polar surface area (TPSA) is 0 Å². The average molecular weight is 220 g/mol. The Balaban J connectivity index is 0. The van der Waals surface area contributed by atoms with Crippen LogP contribution in [0.3, 0.4) is 0 Å². The van der Waals surface area contributed by atoms with Crippen LogP contribution in [0.15, 0.2) is 0 Å². The van der Waals surface area contributed by atoms with Crippen LogP contribution in [0.2, 0.25) is 0 Å². The van der Waals surface area contributed by atoms with E-state index in [1.165, 1.54) is 0 Å². The third-order valence-corrected chi connectivity index (χ3v) is 2.51. The van der Waals surface area contributed by atoms with E-state index in [9.17, 15) is 0 Å². The fourth-order valence-corrected chi connectivity index (χ4v) is 1.47. The zero-order valence-electron chi connectivity index (χ0n) is 5.03. The number of hydrogen-bond acceptors (Lipinski definition) is 5. The van der Waals surface area contributed by atoms with E-state index in [-0.39, 0.29) is 0 Å². The van der Waals surface area contributed by atoms with Crippen molar-refractivity contribution < 1.29 is 0 Å². The Bertz CT molecular complexity index is 28.1. The number of rotatable bonds is 4. The second kappa shape index (κ2) is 16.4. The van der Waals surface area contributed by atoms with Crippen molar-refractivity contribution >= 4 is 60.3 Å². The molecule has 0 heterocycles. The van der Waals surface area contributed by atoms with Gasteiger partial charge in [-0.05, 0) is 11.5 Å². The molecule has 0 atom stereocenters. The van der Waals surface area contributed by atoms with E-state index in [1.807, 2.05) is 11.8 Å². The Kier molecular flexibility index (Phi) is 24.3. The van der Waals surface area contributed by atoms with Crippen LogP contribution < -0.4 is 0 Å². The molecular weight excluding hydrogens is 208 g/mol. The molecule has 0 saturated carbocycles. The molecule has 0 aliphatic heterocycles. The van der Waals surface area contributed by atoms with Crippen LogP contribution in [0.4, 0.5) is 0 Å². The number of thiol groups is 4. The highest BCUT2D eigenvalue weighted by Gasteiger charge is 1.80. The Hall–Kier alpha value is 1.75. The fourth-order valence-electron chi connectivity index (χ4n) is 0.231. The minimum absolute atomic E-state index is 0.985. The predicted octanol–water partition coefficient (Wildman–Crippen LogP) is 2.34. The molecule has 0 nitrogen and oxygen atoms in total. The quantitative estimate of drug-likeness (QED) is 0.320. The van der Waals surface area contributed by atoms with Crippen molar-refractivity contribution in [1.82, 2.24) is 0 Å². The van der Waals surface area contributed by atoms with Gasteiger partial charge < -0.3 is 0 Å². The summed E-state index contributed by atoms with van der Waals surface area (Å²) in [7, 11) is 0. The summed E-state index contributed by atoms with van der Waals surface area (Å²) in [6.07, 6.45) is 0. The van der Waals surface area contributed by atoms with E-state index in [0.29, 0.717) is 0 Å². The first kappa shape index (κ1) is 13.3. The molecule has 0 amide bonds. The van der Waals surface area contributed by atoms with Crippen LogP contribution in [0.25, 0.3) is 0 Å². The summed E-state index contributed by atoms with van der Waals surface area (Å²) in [6, 6.07) is 0. The Morgan fingerprint density at radius 3 is 1.44 bits per heavy atom. The summed E-state index contributed by atoms with van der Waals surface area (Å²) in [5, 5.41) is 0. The summed E-state index contributed by atoms with van der Waals surface area (Å²) >= 11 is 16.4. The zero-order valence-corrected chi connectivity index (χ0v) is 9.42. The molecule has 0 unspecified atom stereocenters. The molecule has 0 aromatic rings. The summed E-state index contributed by atoms with van der Waals surface area (Å²) in [5.74, 6) is 4.28. The summed E-state index contributed by atoms with van der Waals surface area (Å²) in [5.41, 5.74) is 0. The molecule has 0 aliphatic rings. The molecule has 0 bridgehead atoms. The summed E-state index contributed by atoms with van der Waals surface area (Å²) < 4.78 is 0. The third-order valence-electron chi connectivity index (χ3n) is 0.471. The van der Waals surface area contributed by atoms with Gasteiger partial charge in [0.1, 0.15) is 0 Å². The van der Waals surface area contributed by atoms with Gasteiger partial charge in [-0.15, -0.1) is 23.3 Å². The van der Waals surface area contributed by atoms with Crippen LogP contribution in [0.1, 0.15) is 0 Å². The second-order valence-corrected chi connectivity index (χ2v) is 3.18. The van der Waals surface area contributed by atoms with E-state index in [1.54, 1.807) is 0 Å². The molecule has 0 radical (unpaired) electrons. The molecule has 0 saturated heterocycles. The maximum atomic E-state index is 4.05. The lowest BCUT2D eigenvalue weighted by Gasteiger charge is -1.90. The van der Waals surface area contributed by atoms with Gasteiger partial charge in [-0.1, -0.05) is 0 Å². The van der Waals surface area contributed by atoms with Crippen LogP contribution in [0.5, 0.6) is 0 Å². The monoisotopic (exact) mass is 220 g/mol. The smallest absolute Gasteiger partial charge is 0.00213 e. The Morgan fingerprint density at radius 1 is 0.889 bits per heavy atom. The molecule has 5 heteroatoms. The maximum absolute atomic E-state index is 4.05. The van der Waals surface area contributed by atoms with Crippen molar-refractivity contribution in [1.29, 1.82) is 0 Å². The lowest BCUT2D eigenvalue weighted by molar-refractivity contribution is 1.50. The van der Waals surface area contributed by atoms with Gasteiger partial charge >= 0.3 is 0 Å². The predicted molar refractivity (Wildman–Crippen MR) is 63.0 cm³/mol. The second-order valence-electron chi connectivity index (χ2n) is 1.06. The van der Waals surface area contributed by atoms with Crippen molar-refractivity contribution in [3.63, 3.8) is 0 Å². The molecule has 0 spiro atoms. The first-order valence-corrected chi connectivity index (χ1v) is 6.43. The molecule has 0 fully saturated rings. The largest absolute Gasteiger partial charge is 0.179 e. The van der Waals surface area contributed by atoms with Crippen LogP contribution in [-0.4, -0.2) is 23.0 Å². The fraction of sp³-hybridized carbons (Fsp3) is 1.00. The molecule has 9 heavy (non-hydrogen) atoms.